The number of rotatable bonds is 3. The number of halogens is 1. The molecule has 0 spiro atoms. The standard InChI is InChI=1S/C16H16BrNO3/c1-3-20-16(19)10-4-5-14-13(6-10)15-12(9(2)18-14)7-11(8-17)21-15/h4-6,11H,3,7-8H2,1-2H3/t11-/m0/s1. The molecule has 2 heterocycles. The summed E-state index contributed by atoms with van der Waals surface area (Å²) in [4.78, 5) is 16.5. The molecule has 0 amide bonds. The Labute approximate surface area is 131 Å². The number of alkyl halides is 1. The van der Waals surface area contributed by atoms with E-state index >= 15 is 0 Å². The van der Waals surface area contributed by atoms with Crippen molar-refractivity contribution in [2.24, 2.45) is 0 Å². The predicted molar refractivity (Wildman–Crippen MR) is 84.4 cm³/mol. The van der Waals surface area contributed by atoms with Gasteiger partial charge in [-0.3, -0.25) is 4.98 Å². The number of aryl methyl sites for hydroxylation is 1. The summed E-state index contributed by atoms with van der Waals surface area (Å²) in [5.41, 5.74) is 3.50. The van der Waals surface area contributed by atoms with Crippen LogP contribution in [0.15, 0.2) is 18.2 Å². The van der Waals surface area contributed by atoms with E-state index in [2.05, 4.69) is 20.9 Å². The third-order valence-electron chi connectivity index (χ3n) is 3.64. The van der Waals surface area contributed by atoms with E-state index in [1.165, 1.54) is 0 Å². The van der Waals surface area contributed by atoms with Crippen molar-refractivity contribution in [3.8, 4) is 5.75 Å². The van der Waals surface area contributed by atoms with Crippen LogP contribution in [0, 0.1) is 6.92 Å². The molecule has 3 rings (SSSR count). The summed E-state index contributed by atoms with van der Waals surface area (Å²) in [5, 5.41) is 1.66. The van der Waals surface area contributed by atoms with Crippen LogP contribution in [0.1, 0.15) is 28.5 Å². The maximum absolute atomic E-state index is 11.9. The fourth-order valence-electron chi connectivity index (χ4n) is 2.63. The molecule has 1 aliphatic heterocycles. The first-order valence-corrected chi connectivity index (χ1v) is 8.09. The number of benzene rings is 1. The molecule has 0 unspecified atom stereocenters. The summed E-state index contributed by atoms with van der Waals surface area (Å²) in [6, 6.07) is 5.41. The molecule has 0 radical (unpaired) electrons. The van der Waals surface area contributed by atoms with Gasteiger partial charge in [0, 0.05) is 28.4 Å². The third kappa shape index (κ3) is 2.50. The molecule has 0 aliphatic carbocycles. The van der Waals surface area contributed by atoms with Crippen LogP contribution in [0.25, 0.3) is 10.9 Å². The SMILES string of the molecule is CCOC(=O)c1ccc2nc(C)c3c(c2c1)O[C@H](CBr)C3. The van der Waals surface area contributed by atoms with Gasteiger partial charge in [0.25, 0.3) is 0 Å². The number of hydrogen-bond acceptors (Lipinski definition) is 4. The van der Waals surface area contributed by atoms with Crippen LogP contribution in [0.5, 0.6) is 5.75 Å². The van der Waals surface area contributed by atoms with Crippen molar-refractivity contribution in [3.05, 3.63) is 35.0 Å². The maximum Gasteiger partial charge on any atom is 0.338 e. The molecule has 4 nitrogen and oxygen atoms in total. The Morgan fingerprint density at radius 3 is 3.05 bits per heavy atom. The lowest BCUT2D eigenvalue weighted by Gasteiger charge is -2.10. The Balaban J connectivity index is 2.13. The summed E-state index contributed by atoms with van der Waals surface area (Å²) in [6.45, 7) is 4.16. The Morgan fingerprint density at radius 1 is 1.52 bits per heavy atom. The molecule has 0 saturated carbocycles. The fourth-order valence-corrected chi connectivity index (χ4v) is 2.99. The second kappa shape index (κ2) is 5.64. The van der Waals surface area contributed by atoms with Crippen molar-refractivity contribution in [2.45, 2.75) is 26.4 Å². The van der Waals surface area contributed by atoms with Crippen molar-refractivity contribution in [3.63, 3.8) is 0 Å². The highest BCUT2D eigenvalue weighted by atomic mass is 79.9. The van der Waals surface area contributed by atoms with Gasteiger partial charge in [0.1, 0.15) is 11.9 Å². The Kier molecular flexibility index (Phi) is 3.85. The Morgan fingerprint density at radius 2 is 2.33 bits per heavy atom. The van der Waals surface area contributed by atoms with Crippen molar-refractivity contribution in [1.82, 2.24) is 4.98 Å². The summed E-state index contributed by atoms with van der Waals surface area (Å²) in [7, 11) is 0. The molecule has 1 atom stereocenters. The zero-order chi connectivity index (χ0) is 15.0. The van der Waals surface area contributed by atoms with Crippen LogP contribution in [0.4, 0.5) is 0 Å². The van der Waals surface area contributed by atoms with Gasteiger partial charge in [0.2, 0.25) is 0 Å². The average molecular weight is 350 g/mol. The quantitative estimate of drug-likeness (QED) is 0.629. The molecule has 1 aromatic heterocycles. The van der Waals surface area contributed by atoms with Crippen LogP contribution < -0.4 is 4.74 Å². The highest BCUT2D eigenvalue weighted by Gasteiger charge is 2.27. The van der Waals surface area contributed by atoms with Gasteiger partial charge in [0.15, 0.2) is 0 Å². The molecule has 0 fully saturated rings. The van der Waals surface area contributed by atoms with E-state index in [4.69, 9.17) is 9.47 Å². The summed E-state index contributed by atoms with van der Waals surface area (Å²) in [5.74, 6) is 0.539. The molecule has 1 aromatic carbocycles. The number of nitrogens with zero attached hydrogens (tertiary/aromatic N) is 1. The minimum absolute atomic E-state index is 0.123. The number of fused-ring (bicyclic) bond motifs is 3. The lowest BCUT2D eigenvalue weighted by atomic mass is 10.0. The van der Waals surface area contributed by atoms with Crippen molar-refractivity contribution in [1.29, 1.82) is 0 Å². The number of ether oxygens (including phenoxy) is 2. The average Bonchev–Trinajstić information content (AvgIpc) is 2.92. The zero-order valence-electron chi connectivity index (χ0n) is 12.0. The molecule has 2 aromatic rings. The fraction of sp³-hybridized carbons (Fsp3) is 0.375. The number of carbonyl (C=O) groups excluding carboxylic acids is 1. The number of aromatic nitrogens is 1. The van der Waals surface area contributed by atoms with E-state index in [-0.39, 0.29) is 12.1 Å². The summed E-state index contributed by atoms with van der Waals surface area (Å²) in [6.07, 6.45) is 0.969. The number of esters is 1. The topological polar surface area (TPSA) is 48.4 Å². The highest BCUT2D eigenvalue weighted by Crippen LogP contribution is 2.38. The Bertz CT molecular complexity index is 714. The number of hydrogen-bond donors (Lipinski definition) is 0. The van der Waals surface area contributed by atoms with Crippen molar-refractivity contribution < 1.29 is 14.3 Å². The lowest BCUT2D eigenvalue weighted by molar-refractivity contribution is 0.0526. The normalized spacial score (nSPS) is 16.6. The molecule has 1 aliphatic rings. The minimum Gasteiger partial charge on any atom is -0.488 e. The first-order valence-electron chi connectivity index (χ1n) is 6.97. The van der Waals surface area contributed by atoms with Gasteiger partial charge in [-0.15, -0.1) is 0 Å². The zero-order valence-corrected chi connectivity index (χ0v) is 13.6. The predicted octanol–water partition coefficient (Wildman–Crippen LogP) is 3.42. The molecular formula is C16H16BrNO3. The number of carbonyl (C=O) groups is 1. The van der Waals surface area contributed by atoms with Crippen LogP contribution in [0.2, 0.25) is 0 Å². The second-order valence-corrected chi connectivity index (χ2v) is 5.70. The van der Waals surface area contributed by atoms with Gasteiger partial charge >= 0.3 is 5.97 Å². The smallest absolute Gasteiger partial charge is 0.338 e. The molecule has 21 heavy (non-hydrogen) atoms. The Hall–Kier alpha value is -1.62. The third-order valence-corrected chi connectivity index (χ3v) is 4.36. The van der Waals surface area contributed by atoms with Gasteiger partial charge in [-0.05, 0) is 32.0 Å². The molecule has 5 heteroatoms. The van der Waals surface area contributed by atoms with E-state index in [1.54, 1.807) is 13.0 Å². The van der Waals surface area contributed by atoms with E-state index < -0.39 is 0 Å². The lowest BCUT2D eigenvalue weighted by Crippen LogP contribution is -2.13. The molecule has 0 N–H and O–H groups in total. The maximum atomic E-state index is 11.9. The summed E-state index contributed by atoms with van der Waals surface area (Å²) < 4.78 is 11.1. The van der Waals surface area contributed by atoms with Gasteiger partial charge in [-0.1, -0.05) is 15.9 Å². The van der Waals surface area contributed by atoms with Crippen LogP contribution in [-0.4, -0.2) is 29.0 Å². The highest BCUT2D eigenvalue weighted by molar-refractivity contribution is 9.09. The van der Waals surface area contributed by atoms with Crippen LogP contribution in [-0.2, 0) is 11.2 Å². The van der Waals surface area contributed by atoms with Crippen molar-refractivity contribution in [2.75, 3.05) is 11.9 Å². The van der Waals surface area contributed by atoms with Gasteiger partial charge < -0.3 is 9.47 Å². The first kappa shape index (κ1) is 14.3. The summed E-state index contributed by atoms with van der Waals surface area (Å²) >= 11 is 3.46. The number of pyridine rings is 1. The second-order valence-electron chi connectivity index (χ2n) is 5.06. The van der Waals surface area contributed by atoms with Gasteiger partial charge in [-0.25, -0.2) is 4.79 Å². The van der Waals surface area contributed by atoms with Gasteiger partial charge in [0.05, 0.1) is 17.7 Å². The van der Waals surface area contributed by atoms with E-state index in [9.17, 15) is 4.79 Å². The van der Waals surface area contributed by atoms with Crippen LogP contribution in [0.3, 0.4) is 0 Å². The first-order chi connectivity index (χ1) is 10.1. The van der Waals surface area contributed by atoms with Crippen LogP contribution >= 0.6 is 15.9 Å². The molecule has 0 bridgehead atoms. The monoisotopic (exact) mass is 349 g/mol. The van der Waals surface area contributed by atoms with Crippen molar-refractivity contribution >= 4 is 32.8 Å². The van der Waals surface area contributed by atoms with E-state index in [0.717, 1.165) is 39.7 Å². The molecule has 0 saturated heterocycles. The van der Waals surface area contributed by atoms with E-state index in [0.29, 0.717) is 12.2 Å². The largest absolute Gasteiger partial charge is 0.488 e. The van der Waals surface area contributed by atoms with Gasteiger partial charge in [-0.2, -0.15) is 0 Å². The molecular weight excluding hydrogens is 334 g/mol. The minimum atomic E-state index is -0.316. The molecule has 110 valence electrons. The van der Waals surface area contributed by atoms with E-state index in [1.807, 2.05) is 19.1 Å².